The lowest BCUT2D eigenvalue weighted by Crippen LogP contribution is -3.15. The lowest BCUT2D eigenvalue weighted by Gasteiger charge is -2.31. The lowest BCUT2D eigenvalue weighted by atomic mass is 10.1. The van der Waals surface area contributed by atoms with Gasteiger partial charge in [-0.2, -0.15) is 4.31 Å². The zero-order chi connectivity index (χ0) is 19.5. The molecule has 0 bridgehead atoms. The average molecular weight is 383 g/mol. The van der Waals surface area contributed by atoms with Crippen molar-refractivity contribution in [3.8, 4) is 0 Å². The molecule has 0 unspecified atom stereocenters. The number of sulfonamides is 1. The summed E-state index contributed by atoms with van der Waals surface area (Å²) in [4.78, 5) is 13.6. The van der Waals surface area contributed by atoms with Gasteiger partial charge in [-0.3, -0.25) is 4.79 Å². The molecule has 1 atom stereocenters. The second kappa shape index (κ2) is 8.50. The van der Waals surface area contributed by atoms with Crippen molar-refractivity contribution >= 4 is 15.9 Å². The predicted molar refractivity (Wildman–Crippen MR) is 103 cm³/mol. The fraction of sp³-hybridized carbons (Fsp3) is 0.632. The van der Waals surface area contributed by atoms with Crippen LogP contribution in [0.15, 0.2) is 23.1 Å². The number of nitrogens with zero attached hydrogens (tertiary/aromatic N) is 1. The third kappa shape index (κ3) is 5.05. The van der Waals surface area contributed by atoms with Crippen molar-refractivity contribution in [1.82, 2.24) is 9.62 Å². The van der Waals surface area contributed by atoms with Gasteiger partial charge in [-0.1, -0.05) is 19.9 Å². The number of carbonyl (C=O) groups is 1. The highest BCUT2D eigenvalue weighted by Crippen LogP contribution is 2.19. The predicted octanol–water partition coefficient (Wildman–Crippen LogP) is 0.353. The number of aryl methyl sites for hydroxylation is 2. The van der Waals surface area contributed by atoms with Crippen molar-refractivity contribution < 1.29 is 18.1 Å². The molecule has 6 nitrogen and oxygen atoms in total. The molecule has 1 saturated heterocycles. The molecule has 0 aromatic heterocycles. The van der Waals surface area contributed by atoms with Crippen LogP contribution in [0.4, 0.5) is 0 Å². The summed E-state index contributed by atoms with van der Waals surface area (Å²) >= 11 is 0. The van der Waals surface area contributed by atoms with Crippen LogP contribution < -0.4 is 10.2 Å². The Labute approximate surface area is 157 Å². The van der Waals surface area contributed by atoms with Gasteiger partial charge in [0.15, 0.2) is 6.54 Å². The van der Waals surface area contributed by atoms with Crippen molar-refractivity contribution in [2.45, 2.75) is 45.6 Å². The Morgan fingerprint density at radius 2 is 1.77 bits per heavy atom. The molecule has 0 aliphatic carbocycles. The molecule has 26 heavy (non-hydrogen) atoms. The van der Waals surface area contributed by atoms with E-state index in [2.05, 4.69) is 19.2 Å². The molecule has 7 heteroatoms. The van der Waals surface area contributed by atoms with Crippen LogP contribution in [0.3, 0.4) is 0 Å². The van der Waals surface area contributed by atoms with E-state index < -0.39 is 10.0 Å². The first-order chi connectivity index (χ1) is 12.1. The molecular weight excluding hydrogens is 350 g/mol. The van der Waals surface area contributed by atoms with Gasteiger partial charge >= 0.3 is 0 Å². The minimum Gasteiger partial charge on any atom is -0.348 e. The minimum absolute atomic E-state index is 0.0340. The monoisotopic (exact) mass is 382 g/mol. The van der Waals surface area contributed by atoms with Crippen molar-refractivity contribution in [2.75, 3.05) is 32.7 Å². The molecule has 1 aliphatic rings. The molecule has 0 spiro atoms. The number of piperazine rings is 1. The Morgan fingerprint density at radius 3 is 2.31 bits per heavy atom. The van der Waals surface area contributed by atoms with Crippen LogP contribution in [0.2, 0.25) is 0 Å². The molecule has 1 fully saturated rings. The molecule has 1 amide bonds. The van der Waals surface area contributed by atoms with Gasteiger partial charge in [0.2, 0.25) is 10.0 Å². The molecule has 146 valence electrons. The normalized spacial score (nSPS) is 18.1. The van der Waals surface area contributed by atoms with Gasteiger partial charge in [0, 0.05) is 6.04 Å². The van der Waals surface area contributed by atoms with Gasteiger partial charge in [-0.25, -0.2) is 8.42 Å². The first-order valence-electron chi connectivity index (χ1n) is 9.31. The number of carbonyl (C=O) groups excluding carboxylic acids is 1. The van der Waals surface area contributed by atoms with E-state index in [4.69, 9.17) is 0 Å². The van der Waals surface area contributed by atoms with E-state index in [1.54, 1.807) is 12.1 Å². The quantitative estimate of drug-likeness (QED) is 0.746. The van der Waals surface area contributed by atoms with Gasteiger partial charge in [0.25, 0.3) is 5.91 Å². The molecule has 2 N–H and O–H groups in total. The van der Waals surface area contributed by atoms with Crippen molar-refractivity contribution in [3.05, 3.63) is 29.3 Å². The molecule has 2 rings (SSSR count). The second-order valence-electron chi connectivity index (χ2n) is 7.68. The molecule has 1 aromatic carbocycles. The number of benzene rings is 1. The van der Waals surface area contributed by atoms with E-state index in [1.807, 2.05) is 26.8 Å². The highest BCUT2D eigenvalue weighted by atomic mass is 32.2. The number of amides is 1. The van der Waals surface area contributed by atoms with Crippen LogP contribution in [0.5, 0.6) is 0 Å². The number of hydrogen-bond acceptors (Lipinski definition) is 3. The Hall–Kier alpha value is -1.44. The Kier molecular flexibility index (Phi) is 6.82. The molecular formula is C19H32N3O3S+. The number of rotatable bonds is 6. The van der Waals surface area contributed by atoms with Gasteiger partial charge < -0.3 is 10.2 Å². The SMILES string of the molecule is Cc1ccc(S(=O)(=O)N2CC[NH+](CC(=O)N[C@H](C)C(C)C)CC2)cc1C. The lowest BCUT2D eigenvalue weighted by molar-refractivity contribution is -0.895. The summed E-state index contributed by atoms with van der Waals surface area (Å²) in [6.45, 7) is 12.6. The summed E-state index contributed by atoms with van der Waals surface area (Å²) < 4.78 is 27.2. The highest BCUT2D eigenvalue weighted by molar-refractivity contribution is 7.89. The third-order valence-corrected chi connectivity index (χ3v) is 7.24. The van der Waals surface area contributed by atoms with Crippen LogP contribution in [0, 0.1) is 19.8 Å². The maximum atomic E-state index is 12.8. The van der Waals surface area contributed by atoms with Gasteiger partial charge in [0.05, 0.1) is 31.1 Å². The smallest absolute Gasteiger partial charge is 0.275 e. The minimum atomic E-state index is -3.46. The zero-order valence-electron chi connectivity index (χ0n) is 16.5. The fourth-order valence-corrected chi connectivity index (χ4v) is 4.47. The zero-order valence-corrected chi connectivity index (χ0v) is 17.3. The first kappa shape index (κ1) is 20.9. The van der Waals surface area contributed by atoms with Crippen molar-refractivity contribution in [2.24, 2.45) is 5.92 Å². The molecule has 1 aliphatic heterocycles. The summed E-state index contributed by atoms with van der Waals surface area (Å²) in [5.74, 6) is 0.431. The number of hydrogen-bond donors (Lipinski definition) is 2. The topological polar surface area (TPSA) is 70.9 Å². The van der Waals surface area contributed by atoms with Crippen molar-refractivity contribution in [1.29, 1.82) is 0 Å². The van der Waals surface area contributed by atoms with E-state index in [-0.39, 0.29) is 11.9 Å². The van der Waals surface area contributed by atoms with Crippen molar-refractivity contribution in [3.63, 3.8) is 0 Å². The Bertz CT molecular complexity index is 738. The van der Waals surface area contributed by atoms with E-state index in [1.165, 1.54) is 4.31 Å². The van der Waals surface area contributed by atoms with Crippen LogP contribution in [-0.2, 0) is 14.8 Å². The Morgan fingerprint density at radius 1 is 1.15 bits per heavy atom. The van der Waals surface area contributed by atoms with Crippen LogP contribution >= 0.6 is 0 Å². The van der Waals surface area contributed by atoms with E-state index in [0.717, 1.165) is 16.0 Å². The van der Waals surface area contributed by atoms with Crippen LogP contribution in [-0.4, -0.2) is 57.4 Å². The average Bonchev–Trinajstić information content (AvgIpc) is 2.57. The summed E-state index contributed by atoms with van der Waals surface area (Å²) in [6, 6.07) is 5.42. The fourth-order valence-electron chi connectivity index (χ4n) is 2.94. The standard InChI is InChI=1S/C19H31N3O3S/c1-14(2)17(5)20-19(23)13-21-8-10-22(11-9-21)26(24,25)18-7-6-15(3)16(4)12-18/h6-7,12,14,17H,8-11,13H2,1-5H3,(H,20,23)/p+1/t17-/m1/s1. The molecule has 0 radical (unpaired) electrons. The Balaban J connectivity index is 1.93. The second-order valence-corrected chi connectivity index (χ2v) is 9.62. The van der Waals surface area contributed by atoms with E-state index in [0.29, 0.717) is 43.5 Å². The van der Waals surface area contributed by atoms with Gasteiger partial charge in [-0.15, -0.1) is 0 Å². The van der Waals surface area contributed by atoms with Crippen LogP contribution in [0.25, 0.3) is 0 Å². The first-order valence-corrected chi connectivity index (χ1v) is 10.8. The summed E-state index contributed by atoms with van der Waals surface area (Å²) in [5, 5.41) is 3.01. The number of quaternary nitrogens is 1. The van der Waals surface area contributed by atoms with Gasteiger partial charge in [0.1, 0.15) is 0 Å². The maximum absolute atomic E-state index is 12.8. The highest BCUT2D eigenvalue weighted by Gasteiger charge is 2.31. The summed E-state index contributed by atoms with van der Waals surface area (Å²) in [7, 11) is -3.46. The summed E-state index contributed by atoms with van der Waals surface area (Å²) in [5.41, 5.74) is 2.06. The molecule has 0 saturated carbocycles. The van der Waals surface area contributed by atoms with E-state index >= 15 is 0 Å². The number of nitrogens with one attached hydrogen (secondary N) is 2. The molecule has 1 heterocycles. The van der Waals surface area contributed by atoms with Crippen LogP contribution in [0.1, 0.15) is 31.9 Å². The molecule has 1 aromatic rings. The largest absolute Gasteiger partial charge is 0.348 e. The maximum Gasteiger partial charge on any atom is 0.275 e. The summed E-state index contributed by atoms with van der Waals surface area (Å²) in [6.07, 6.45) is 0. The van der Waals surface area contributed by atoms with E-state index in [9.17, 15) is 13.2 Å². The van der Waals surface area contributed by atoms with Gasteiger partial charge in [-0.05, 0) is 49.9 Å². The third-order valence-electron chi connectivity index (χ3n) is 5.34.